The maximum atomic E-state index is 14.2. The lowest BCUT2D eigenvalue weighted by Gasteiger charge is -2.23. The maximum Gasteiger partial charge on any atom is 0.151 e. The van der Waals surface area contributed by atoms with Crippen LogP contribution < -0.4 is 0 Å². The molecule has 1 unspecified atom stereocenters. The van der Waals surface area contributed by atoms with E-state index in [2.05, 4.69) is 56.0 Å². The Hall–Kier alpha value is -2.86. The minimum atomic E-state index is -0.244. The van der Waals surface area contributed by atoms with E-state index >= 15 is 0 Å². The van der Waals surface area contributed by atoms with Gasteiger partial charge >= 0.3 is 0 Å². The first-order chi connectivity index (χ1) is 15.2. The first kappa shape index (κ1) is 18.9. The first-order valence-electron chi connectivity index (χ1n) is 11.2. The molecule has 0 amide bonds. The number of aromatic nitrogens is 4. The third-order valence-corrected chi connectivity index (χ3v) is 6.84. The van der Waals surface area contributed by atoms with Crippen molar-refractivity contribution in [2.75, 3.05) is 7.05 Å². The summed E-state index contributed by atoms with van der Waals surface area (Å²) in [6.07, 6.45) is 8.97. The van der Waals surface area contributed by atoms with Gasteiger partial charge in [-0.25, -0.2) is 4.39 Å². The van der Waals surface area contributed by atoms with E-state index in [1.165, 1.54) is 35.7 Å². The van der Waals surface area contributed by atoms with Gasteiger partial charge in [-0.15, -0.1) is 10.2 Å². The summed E-state index contributed by atoms with van der Waals surface area (Å²) in [5, 5.41) is 9.23. The summed E-state index contributed by atoms with van der Waals surface area (Å²) in [6, 6.07) is 10.1. The Kier molecular flexibility index (Phi) is 4.49. The largest absolute Gasteiger partial charge is 0.295 e. The highest BCUT2D eigenvalue weighted by Gasteiger charge is 2.30. The van der Waals surface area contributed by atoms with Crippen LogP contribution in [0.3, 0.4) is 0 Å². The van der Waals surface area contributed by atoms with E-state index in [1.807, 2.05) is 0 Å². The molecule has 6 heteroatoms. The highest BCUT2D eigenvalue weighted by atomic mass is 19.1. The summed E-state index contributed by atoms with van der Waals surface area (Å²) in [5.41, 5.74) is 5.52. The third kappa shape index (κ3) is 3.39. The smallest absolute Gasteiger partial charge is 0.151 e. The lowest BCUT2D eigenvalue weighted by molar-refractivity contribution is 0.315. The standard InChI is InChI=1S/C25H26FN5/c1-30-14-20-13-19(16-4-5-16)10-11-22(20)31-23(15-30)28-29-25(31)18-8-6-17(7-9-18)24-21(26)3-2-12-27-24/h2-3,6,10-13,16,18H,4-5,7-9,14-15H2,1H3. The van der Waals surface area contributed by atoms with Crippen LogP contribution in [0, 0.1) is 5.82 Å². The van der Waals surface area contributed by atoms with Crippen LogP contribution in [0.1, 0.15) is 72.4 Å². The molecule has 1 atom stereocenters. The number of benzene rings is 1. The van der Waals surface area contributed by atoms with Gasteiger partial charge < -0.3 is 0 Å². The summed E-state index contributed by atoms with van der Waals surface area (Å²) < 4.78 is 16.5. The maximum absolute atomic E-state index is 14.2. The zero-order chi connectivity index (χ0) is 20.9. The van der Waals surface area contributed by atoms with Gasteiger partial charge in [-0.1, -0.05) is 18.2 Å². The Balaban J connectivity index is 1.36. The summed E-state index contributed by atoms with van der Waals surface area (Å²) >= 11 is 0. The van der Waals surface area contributed by atoms with Gasteiger partial charge in [0.15, 0.2) is 5.82 Å². The molecule has 1 aromatic carbocycles. The average Bonchev–Trinajstić information content (AvgIpc) is 3.57. The lowest BCUT2D eigenvalue weighted by Crippen LogP contribution is -2.16. The third-order valence-electron chi connectivity index (χ3n) is 6.84. The molecule has 1 fully saturated rings. The molecule has 158 valence electrons. The number of rotatable bonds is 3. The van der Waals surface area contributed by atoms with Crippen LogP contribution in [0.2, 0.25) is 0 Å². The van der Waals surface area contributed by atoms with Crippen molar-refractivity contribution in [2.24, 2.45) is 0 Å². The van der Waals surface area contributed by atoms with Crippen LogP contribution in [-0.4, -0.2) is 31.7 Å². The molecule has 3 aliphatic rings. The number of allylic oxidation sites excluding steroid dienone is 2. The Morgan fingerprint density at radius 1 is 1.03 bits per heavy atom. The number of nitrogens with zero attached hydrogens (tertiary/aromatic N) is 5. The van der Waals surface area contributed by atoms with Gasteiger partial charge in [0, 0.05) is 18.7 Å². The summed E-state index contributed by atoms with van der Waals surface area (Å²) in [4.78, 5) is 6.57. The summed E-state index contributed by atoms with van der Waals surface area (Å²) in [6.45, 7) is 1.71. The van der Waals surface area contributed by atoms with E-state index in [1.54, 1.807) is 12.3 Å². The Labute approximate surface area is 181 Å². The van der Waals surface area contributed by atoms with Gasteiger partial charge in [-0.05, 0) is 80.0 Å². The Bertz CT molecular complexity index is 1180. The molecule has 0 radical (unpaired) electrons. The molecule has 0 bridgehead atoms. The molecule has 3 aromatic rings. The van der Waals surface area contributed by atoms with Crippen molar-refractivity contribution in [3.05, 3.63) is 76.9 Å². The molecule has 1 aliphatic heterocycles. The average molecular weight is 416 g/mol. The van der Waals surface area contributed by atoms with Gasteiger partial charge in [0.05, 0.1) is 12.2 Å². The molecule has 2 aliphatic carbocycles. The number of halogens is 1. The monoisotopic (exact) mass is 415 g/mol. The first-order valence-corrected chi connectivity index (χ1v) is 11.2. The van der Waals surface area contributed by atoms with Crippen LogP contribution in [0.4, 0.5) is 4.39 Å². The quantitative estimate of drug-likeness (QED) is 0.606. The van der Waals surface area contributed by atoms with Crippen molar-refractivity contribution in [3.8, 4) is 5.69 Å². The molecule has 0 spiro atoms. The minimum absolute atomic E-state index is 0.244. The number of fused-ring (bicyclic) bond motifs is 3. The van der Waals surface area contributed by atoms with Crippen LogP contribution in [0.15, 0.2) is 42.6 Å². The molecular weight excluding hydrogens is 389 g/mol. The van der Waals surface area contributed by atoms with Crippen molar-refractivity contribution < 1.29 is 4.39 Å². The predicted molar refractivity (Wildman–Crippen MR) is 117 cm³/mol. The van der Waals surface area contributed by atoms with Crippen molar-refractivity contribution in [3.63, 3.8) is 0 Å². The minimum Gasteiger partial charge on any atom is -0.295 e. The zero-order valence-electron chi connectivity index (χ0n) is 17.8. The van der Waals surface area contributed by atoms with E-state index < -0.39 is 0 Å². The fourth-order valence-electron chi connectivity index (χ4n) is 5.07. The van der Waals surface area contributed by atoms with Crippen LogP contribution in [0.5, 0.6) is 0 Å². The van der Waals surface area contributed by atoms with Crippen molar-refractivity contribution in [1.82, 2.24) is 24.6 Å². The highest BCUT2D eigenvalue weighted by Crippen LogP contribution is 2.42. The van der Waals surface area contributed by atoms with Crippen molar-refractivity contribution >= 4 is 5.57 Å². The fraction of sp³-hybridized carbons (Fsp3) is 0.400. The topological polar surface area (TPSA) is 46.8 Å². The van der Waals surface area contributed by atoms with E-state index in [0.717, 1.165) is 55.5 Å². The molecule has 2 aromatic heterocycles. The van der Waals surface area contributed by atoms with Crippen molar-refractivity contribution in [1.29, 1.82) is 0 Å². The second-order valence-electron chi connectivity index (χ2n) is 9.18. The lowest BCUT2D eigenvalue weighted by atomic mass is 9.87. The van der Waals surface area contributed by atoms with Gasteiger partial charge in [-0.3, -0.25) is 14.5 Å². The van der Waals surface area contributed by atoms with Crippen LogP contribution >= 0.6 is 0 Å². The van der Waals surface area contributed by atoms with Gasteiger partial charge in [0.2, 0.25) is 0 Å². The van der Waals surface area contributed by atoms with Crippen molar-refractivity contribution in [2.45, 2.75) is 57.0 Å². The van der Waals surface area contributed by atoms with Gasteiger partial charge in [0.25, 0.3) is 0 Å². The molecule has 5 nitrogen and oxygen atoms in total. The van der Waals surface area contributed by atoms with Gasteiger partial charge in [-0.2, -0.15) is 0 Å². The van der Waals surface area contributed by atoms with E-state index in [-0.39, 0.29) is 11.7 Å². The predicted octanol–water partition coefficient (Wildman–Crippen LogP) is 4.98. The fourth-order valence-corrected chi connectivity index (χ4v) is 5.07. The number of hydrogen-bond acceptors (Lipinski definition) is 4. The van der Waals surface area contributed by atoms with E-state index in [4.69, 9.17) is 0 Å². The Morgan fingerprint density at radius 3 is 2.71 bits per heavy atom. The molecular formula is C25H26FN5. The molecule has 31 heavy (non-hydrogen) atoms. The second-order valence-corrected chi connectivity index (χ2v) is 9.18. The number of pyridine rings is 1. The second kappa shape index (κ2) is 7.38. The highest BCUT2D eigenvalue weighted by molar-refractivity contribution is 5.64. The number of hydrogen-bond donors (Lipinski definition) is 0. The zero-order valence-corrected chi connectivity index (χ0v) is 17.8. The SMILES string of the molecule is CN1Cc2cc(C3CC3)ccc2-n2c(nnc2C2CC=C(c3ncccc3F)CC2)C1. The molecule has 0 saturated heterocycles. The molecule has 3 heterocycles. The van der Waals surface area contributed by atoms with Gasteiger partial charge in [0.1, 0.15) is 17.3 Å². The van der Waals surface area contributed by atoms with Crippen LogP contribution in [0.25, 0.3) is 11.3 Å². The molecule has 6 rings (SSSR count). The molecule has 0 N–H and O–H groups in total. The van der Waals surface area contributed by atoms with E-state index in [9.17, 15) is 4.39 Å². The summed E-state index contributed by atoms with van der Waals surface area (Å²) in [7, 11) is 2.15. The van der Waals surface area contributed by atoms with Crippen LogP contribution in [-0.2, 0) is 13.1 Å². The molecule has 1 saturated carbocycles. The van der Waals surface area contributed by atoms with E-state index in [0.29, 0.717) is 5.69 Å². The normalized spacial score (nSPS) is 21.2. The summed E-state index contributed by atoms with van der Waals surface area (Å²) in [5.74, 6) is 2.80. The Morgan fingerprint density at radius 2 is 1.94 bits per heavy atom.